The third-order valence-electron chi connectivity index (χ3n) is 4.42. The molecule has 1 aliphatic carbocycles. The number of likely N-dealkylation sites (N-methyl/N-ethyl adjacent to an activating group) is 1. The Balaban J connectivity index is 1.49. The predicted molar refractivity (Wildman–Crippen MR) is 79.8 cm³/mol. The van der Waals surface area contributed by atoms with Gasteiger partial charge in [-0.3, -0.25) is 4.79 Å². The minimum absolute atomic E-state index is 0.132. The van der Waals surface area contributed by atoms with Crippen molar-refractivity contribution in [2.75, 3.05) is 46.4 Å². The van der Waals surface area contributed by atoms with Crippen LogP contribution in [0.3, 0.4) is 0 Å². The summed E-state index contributed by atoms with van der Waals surface area (Å²) in [6.45, 7) is 4.84. The lowest BCUT2D eigenvalue weighted by Gasteiger charge is -2.35. The Labute approximate surface area is 126 Å². The molecule has 0 aromatic rings. The van der Waals surface area contributed by atoms with Gasteiger partial charge in [-0.2, -0.15) is 0 Å². The van der Waals surface area contributed by atoms with Gasteiger partial charge >= 0.3 is 0 Å². The number of carbonyl (C=O) groups is 1. The molecule has 1 saturated heterocycles. The maximum atomic E-state index is 12.5. The molecule has 1 amide bonds. The van der Waals surface area contributed by atoms with Crippen LogP contribution in [-0.4, -0.2) is 68.3 Å². The van der Waals surface area contributed by atoms with E-state index in [0.717, 1.165) is 44.0 Å². The molecule has 3 aliphatic rings. The SMILES string of the molecule is CN(CC1CC1)C[C@H]1CN(C(=O)C2=COCCC2)CCO1. The molecule has 21 heavy (non-hydrogen) atoms. The van der Waals surface area contributed by atoms with Crippen LogP contribution < -0.4 is 0 Å². The van der Waals surface area contributed by atoms with Gasteiger partial charge in [-0.1, -0.05) is 0 Å². The first kappa shape index (κ1) is 14.9. The molecule has 0 bridgehead atoms. The lowest BCUT2D eigenvalue weighted by atomic mass is 10.1. The van der Waals surface area contributed by atoms with E-state index < -0.39 is 0 Å². The molecular formula is C16H26N2O3. The Morgan fingerprint density at radius 1 is 1.38 bits per heavy atom. The second kappa shape index (κ2) is 6.79. The third-order valence-corrected chi connectivity index (χ3v) is 4.42. The highest BCUT2D eigenvalue weighted by molar-refractivity contribution is 5.93. The zero-order chi connectivity index (χ0) is 14.7. The van der Waals surface area contributed by atoms with Crippen LogP contribution in [0, 0.1) is 5.92 Å². The Kier molecular flexibility index (Phi) is 4.80. The molecule has 2 aliphatic heterocycles. The molecule has 0 N–H and O–H groups in total. The highest BCUT2D eigenvalue weighted by atomic mass is 16.5. The van der Waals surface area contributed by atoms with Crippen molar-refractivity contribution in [1.29, 1.82) is 0 Å². The molecule has 5 heteroatoms. The number of nitrogens with zero attached hydrogens (tertiary/aromatic N) is 2. The van der Waals surface area contributed by atoms with Crippen LogP contribution in [0.2, 0.25) is 0 Å². The van der Waals surface area contributed by atoms with Crippen LogP contribution in [0.1, 0.15) is 25.7 Å². The molecule has 0 unspecified atom stereocenters. The second-order valence-electron chi connectivity index (χ2n) is 6.53. The maximum Gasteiger partial charge on any atom is 0.253 e. The standard InChI is InChI=1S/C16H26N2O3/c1-17(9-13-4-5-13)10-15-11-18(6-8-21-15)16(19)14-3-2-7-20-12-14/h12-13,15H,2-11H2,1H3/t15-/m0/s1. The minimum atomic E-state index is 0.132. The van der Waals surface area contributed by atoms with E-state index in [-0.39, 0.29) is 12.0 Å². The first-order valence-corrected chi connectivity index (χ1v) is 8.12. The summed E-state index contributed by atoms with van der Waals surface area (Å²) in [5.74, 6) is 1.02. The number of rotatable bonds is 5. The van der Waals surface area contributed by atoms with E-state index in [1.54, 1.807) is 6.26 Å². The smallest absolute Gasteiger partial charge is 0.253 e. The molecule has 1 saturated carbocycles. The molecule has 0 aromatic heterocycles. The zero-order valence-corrected chi connectivity index (χ0v) is 12.9. The largest absolute Gasteiger partial charge is 0.501 e. The Morgan fingerprint density at radius 2 is 2.24 bits per heavy atom. The van der Waals surface area contributed by atoms with Gasteiger partial charge in [0.05, 0.1) is 31.2 Å². The van der Waals surface area contributed by atoms with Gasteiger partial charge in [-0.25, -0.2) is 0 Å². The predicted octanol–water partition coefficient (Wildman–Crippen LogP) is 1.25. The van der Waals surface area contributed by atoms with E-state index in [0.29, 0.717) is 19.7 Å². The molecule has 2 fully saturated rings. The number of ether oxygens (including phenoxy) is 2. The Bertz CT molecular complexity index is 406. The van der Waals surface area contributed by atoms with Crippen LogP contribution in [0.15, 0.2) is 11.8 Å². The number of hydrogen-bond donors (Lipinski definition) is 0. The molecule has 3 rings (SSSR count). The first-order valence-electron chi connectivity index (χ1n) is 8.12. The van der Waals surface area contributed by atoms with Gasteiger partial charge in [0.1, 0.15) is 0 Å². The van der Waals surface area contributed by atoms with E-state index in [1.165, 1.54) is 12.8 Å². The van der Waals surface area contributed by atoms with E-state index in [1.807, 2.05) is 4.90 Å². The van der Waals surface area contributed by atoms with Gasteiger partial charge in [-0.05, 0) is 38.6 Å². The van der Waals surface area contributed by atoms with E-state index in [4.69, 9.17) is 9.47 Å². The minimum Gasteiger partial charge on any atom is -0.501 e. The normalized spacial score (nSPS) is 26.5. The number of hydrogen-bond acceptors (Lipinski definition) is 4. The summed E-state index contributed by atoms with van der Waals surface area (Å²) < 4.78 is 11.1. The quantitative estimate of drug-likeness (QED) is 0.765. The van der Waals surface area contributed by atoms with Crippen LogP contribution in [0.25, 0.3) is 0 Å². The summed E-state index contributed by atoms with van der Waals surface area (Å²) >= 11 is 0. The van der Waals surface area contributed by atoms with Crippen molar-refractivity contribution < 1.29 is 14.3 Å². The van der Waals surface area contributed by atoms with Crippen molar-refractivity contribution in [3.8, 4) is 0 Å². The van der Waals surface area contributed by atoms with Crippen molar-refractivity contribution in [2.24, 2.45) is 5.92 Å². The fraction of sp³-hybridized carbons (Fsp3) is 0.812. The average molecular weight is 294 g/mol. The van der Waals surface area contributed by atoms with Gasteiger partial charge in [0, 0.05) is 26.2 Å². The zero-order valence-electron chi connectivity index (χ0n) is 12.9. The molecule has 2 heterocycles. The first-order chi connectivity index (χ1) is 10.2. The highest BCUT2D eigenvalue weighted by Crippen LogP contribution is 2.29. The van der Waals surface area contributed by atoms with Gasteiger partial charge in [0.25, 0.3) is 5.91 Å². The summed E-state index contributed by atoms with van der Waals surface area (Å²) in [5.41, 5.74) is 0.813. The van der Waals surface area contributed by atoms with Crippen LogP contribution in [0.4, 0.5) is 0 Å². The van der Waals surface area contributed by atoms with Crippen molar-refractivity contribution in [1.82, 2.24) is 9.80 Å². The fourth-order valence-electron chi connectivity index (χ4n) is 3.10. The van der Waals surface area contributed by atoms with Crippen molar-refractivity contribution in [3.63, 3.8) is 0 Å². The summed E-state index contributed by atoms with van der Waals surface area (Å²) in [5, 5.41) is 0. The summed E-state index contributed by atoms with van der Waals surface area (Å²) in [4.78, 5) is 16.8. The van der Waals surface area contributed by atoms with Gasteiger partial charge in [0.15, 0.2) is 0 Å². The van der Waals surface area contributed by atoms with Gasteiger partial charge in [-0.15, -0.1) is 0 Å². The molecule has 118 valence electrons. The lowest BCUT2D eigenvalue weighted by Crippen LogP contribution is -2.49. The summed E-state index contributed by atoms with van der Waals surface area (Å²) in [7, 11) is 2.15. The Hall–Kier alpha value is -1.07. The van der Waals surface area contributed by atoms with Crippen molar-refractivity contribution >= 4 is 5.91 Å². The second-order valence-corrected chi connectivity index (χ2v) is 6.53. The fourth-order valence-corrected chi connectivity index (χ4v) is 3.10. The topological polar surface area (TPSA) is 42.0 Å². The van der Waals surface area contributed by atoms with E-state index in [2.05, 4.69) is 11.9 Å². The maximum absolute atomic E-state index is 12.5. The van der Waals surface area contributed by atoms with E-state index >= 15 is 0 Å². The van der Waals surface area contributed by atoms with Crippen molar-refractivity contribution in [2.45, 2.75) is 31.8 Å². The molecule has 0 radical (unpaired) electrons. The molecule has 5 nitrogen and oxygen atoms in total. The van der Waals surface area contributed by atoms with Crippen LogP contribution in [-0.2, 0) is 14.3 Å². The van der Waals surface area contributed by atoms with Crippen LogP contribution >= 0.6 is 0 Å². The third kappa shape index (κ3) is 4.20. The van der Waals surface area contributed by atoms with Crippen molar-refractivity contribution in [3.05, 3.63) is 11.8 Å². The van der Waals surface area contributed by atoms with Gasteiger partial charge in [0.2, 0.25) is 0 Å². The molecule has 1 atom stereocenters. The molecule has 0 spiro atoms. The highest BCUT2D eigenvalue weighted by Gasteiger charge is 2.29. The van der Waals surface area contributed by atoms with Crippen LogP contribution in [0.5, 0.6) is 0 Å². The monoisotopic (exact) mass is 294 g/mol. The lowest BCUT2D eigenvalue weighted by molar-refractivity contribution is -0.135. The number of morpholine rings is 1. The summed E-state index contributed by atoms with van der Waals surface area (Å²) in [6.07, 6.45) is 6.30. The number of amides is 1. The Morgan fingerprint density at radius 3 is 2.95 bits per heavy atom. The van der Waals surface area contributed by atoms with Gasteiger partial charge < -0.3 is 19.3 Å². The average Bonchev–Trinajstić information content (AvgIpc) is 3.31. The van der Waals surface area contributed by atoms with E-state index in [9.17, 15) is 4.79 Å². The molecule has 0 aromatic carbocycles. The molecular weight excluding hydrogens is 268 g/mol. The summed E-state index contributed by atoms with van der Waals surface area (Å²) in [6, 6.07) is 0. The number of carbonyl (C=O) groups excluding carboxylic acids is 1.